The second-order valence-electron chi connectivity index (χ2n) is 12.3. The van der Waals surface area contributed by atoms with E-state index in [1.165, 1.54) is 9.80 Å². The molecule has 0 aliphatic carbocycles. The Labute approximate surface area is 227 Å². The van der Waals surface area contributed by atoms with E-state index in [-0.39, 0.29) is 17.7 Å². The summed E-state index contributed by atoms with van der Waals surface area (Å²) in [7, 11) is 3.28. The van der Waals surface area contributed by atoms with Crippen molar-refractivity contribution in [3.63, 3.8) is 0 Å². The smallest absolute Gasteiger partial charge is 0.326 e. The molecule has 1 aromatic rings. The van der Waals surface area contributed by atoms with E-state index in [0.29, 0.717) is 19.4 Å². The number of nitrogens with zero attached hydrogens (tertiary/aromatic N) is 2. The number of hydrogen-bond donors (Lipinski definition) is 3. The van der Waals surface area contributed by atoms with E-state index in [0.717, 1.165) is 5.56 Å². The van der Waals surface area contributed by atoms with Crippen LogP contribution in [0.2, 0.25) is 0 Å². The molecule has 1 fully saturated rings. The Balaban J connectivity index is 2.34. The molecule has 2 rings (SSSR count). The maximum absolute atomic E-state index is 13.9. The van der Waals surface area contributed by atoms with Crippen LogP contribution >= 0.6 is 0 Å². The molecule has 1 heterocycles. The zero-order valence-electron chi connectivity index (χ0n) is 24.4. The van der Waals surface area contributed by atoms with Gasteiger partial charge in [0.25, 0.3) is 0 Å². The predicted molar refractivity (Wildman–Crippen MR) is 147 cm³/mol. The molecule has 9 heteroatoms. The number of benzene rings is 1. The van der Waals surface area contributed by atoms with Crippen LogP contribution in [0.15, 0.2) is 30.3 Å². The third-order valence-electron chi connectivity index (χ3n) is 7.66. The lowest BCUT2D eigenvalue weighted by molar-refractivity contribution is -0.154. The van der Waals surface area contributed by atoms with Crippen molar-refractivity contribution < 1.29 is 24.3 Å². The predicted octanol–water partition coefficient (Wildman–Crippen LogP) is 2.64. The molecule has 38 heavy (non-hydrogen) atoms. The van der Waals surface area contributed by atoms with Gasteiger partial charge >= 0.3 is 5.97 Å². The van der Waals surface area contributed by atoms with Crippen LogP contribution in [0.3, 0.4) is 0 Å². The van der Waals surface area contributed by atoms with Gasteiger partial charge in [-0.2, -0.15) is 0 Å². The summed E-state index contributed by atoms with van der Waals surface area (Å²) in [6.45, 7) is 13.6. The van der Waals surface area contributed by atoms with Gasteiger partial charge in [0.15, 0.2) is 0 Å². The van der Waals surface area contributed by atoms with Gasteiger partial charge in [0.2, 0.25) is 17.7 Å². The third-order valence-corrected chi connectivity index (χ3v) is 7.66. The van der Waals surface area contributed by atoms with Gasteiger partial charge < -0.3 is 25.5 Å². The second kappa shape index (κ2) is 12.3. The van der Waals surface area contributed by atoms with E-state index in [1.54, 1.807) is 14.1 Å². The SMILES string of the molecule is CN[C@H](C(=O)N[C@H](C(=O)N(C)[C@H](C(=O)N1CCC[C@@H]1C(=O)O)C(C)C)C(C)(C)C)C(C)(C)c1ccccc1. The standard InChI is InChI=1S/C29H46N4O5/c1-18(2)21(25(35)33-17-13-16-20(33)27(37)38)32(9)26(36)23(28(3,4)5)31-24(34)22(30-8)29(6,7)19-14-11-10-12-15-19/h10-12,14-15,18,20-23,30H,13,16-17H2,1-9H3,(H,31,34)(H,37,38)/t20-,21+,22-,23-/m1/s1. The fourth-order valence-electron chi connectivity index (χ4n) is 5.42. The maximum Gasteiger partial charge on any atom is 0.326 e. The van der Waals surface area contributed by atoms with Crippen molar-refractivity contribution in [1.82, 2.24) is 20.4 Å². The molecule has 0 aromatic heterocycles. The zero-order chi connectivity index (χ0) is 29.0. The lowest BCUT2D eigenvalue weighted by atomic mass is 9.76. The average Bonchev–Trinajstić information content (AvgIpc) is 3.32. The monoisotopic (exact) mass is 530 g/mol. The number of carbonyl (C=O) groups excluding carboxylic acids is 3. The van der Waals surface area contributed by atoms with Gasteiger partial charge in [-0.1, -0.05) is 78.8 Å². The summed E-state index contributed by atoms with van der Waals surface area (Å²) in [6.07, 6.45) is 1.00. The molecule has 1 aromatic carbocycles. The topological polar surface area (TPSA) is 119 Å². The van der Waals surface area contributed by atoms with E-state index in [1.807, 2.05) is 78.8 Å². The van der Waals surface area contributed by atoms with E-state index in [9.17, 15) is 24.3 Å². The number of carbonyl (C=O) groups is 4. The minimum Gasteiger partial charge on any atom is -0.480 e. The van der Waals surface area contributed by atoms with Crippen LogP contribution in [-0.2, 0) is 24.6 Å². The number of nitrogens with one attached hydrogen (secondary N) is 2. The normalized spacial score (nSPS) is 18.6. The minimum atomic E-state index is -1.04. The van der Waals surface area contributed by atoms with Crippen molar-refractivity contribution in [2.45, 2.75) is 90.9 Å². The number of carboxylic acids is 1. The van der Waals surface area contributed by atoms with Crippen molar-refractivity contribution in [2.75, 3.05) is 20.6 Å². The lowest BCUT2D eigenvalue weighted by Gasteiger charge is -2.40. The first kappa shape index (κ1) is 31.3. The number of likely N-dealkylation sites (N-methyl/N-ethyl adjacent to an activating group) is 2. The molecule has 0 radical (unpaired) electrons. The van der Waals surface area contributed by atoms with Crippen LogP contribution < -0.4 is 10.6 Å². The summed E-state index contributed by atoms with van der Waals surface area (Å²) < 4.78 is 0. The van der Waals surface area contributed by atoms with Gasteiger partial charge in [0.1, 0.15) is 18.1 Å². The fraction of sp³-hybridized carbons (Fsp3) is 0.655. The molecular weight excluding hydrogens is 484 g/mol. The van der Waals surface area contributed by atoms with E-state index >= 15 is 0 Å². The molecule has 0 spiro atoms. The van der Waals surface area contributed by atoms with Gasteiger partial charge in [0.05, 0.1) is 6.04 Å². The fourth-order valence-corrected chi connectivity index (χ4v) is 5.42. The van der Waals surface area contributed by atoms with Crippen molar-refractivity contribution in [2.24, 2.45) is 11.3 Å². The highest BCUT2D eigenvalue weighted by Gasteiger charge is 2.45. The molecule has 212 valence electrons. The Bertz CT molecular complexity index is 1000. The summed E-state index contributed by atoms with van der Waals surface area (Å²) in [5.41, 5.74) is -0.248. The van der Waals surface area contributed by atoms with Gasteiger partial charge in [-0.3, -0.25) is 14.4 Å². The Morgan fingerprint density at radius 3 is 2.08 bits per heavy atom. The van der Waals surface area contributed by atoms with Crippen LogP contribution in [0, 0.1) is 11.3 Å². The Hall–Kier alpha value is -2.94. The molecule has 0 saturated carbocycles. The Morgan fingerprint density at radius 1 is 1.03 bits per heavy atom. The van der Waals surface area contributed by atoms with E-state index < -0.39 is 46.9 Å². The van der Waals surface area contributed by atoms with Gasteiger partial charge in [-0.05, 0) is 36.8 Å². The highest BCUT2D eigenvalue weighted by molar-refractivity contribution is 5.95. The van der Waals surface area contributed by atoms with Crippen molar-refractivity contribution in [3.8, 4) is 0 Å². The molecule has 3 amide bonds. The first-order chi connectivity index (χ1) is 17.5. The number of amides is 3. The van der Waals surface area contributed by atoms with Crippen molar-refractivity contribution in [3.05, 3.63) is 35.9 Å². The largest absolute Gasteiger partial charge is 0.480 e. The average molecular weight is 531 g/mol. The molecule has 1 aliphatic heterocycles. The number of rotatable bonds is 10. The summed E-state index contributed by atoms with van der Waals surface area (Å²) in [6, 6.07) is 6.44. The van der Waals surface area contributed by atoms with Crippen molar-refractivity contribution in [1.29, 1.82) is 0 Å². The van der Waals surface area contributed by atoms with E-state index in [4.69, 9.17) is 0 Å². The molecule has 0 unspecified atom stereocenters. The molecule has 4 atom stereocenters. The third kappa shape index (κ3) is 6.73. The number of carboxylic acid groups (broad SMARTS) is 1. The lowest BCUT2D eigenvalue weighted by Crippen LogP contribution is -2.63. The molecule has 1 saturated heterocycles. The Morgan fingerprint density at radius 2 is 1.61 bits per heavy atom. The molecular formula is C29H46N4O5. The maximum atomic E-state index is 13.9. The van der Waals surface area contributed by atoms with Crippen LogP contribution in [0.1, 0.15) is 66.9 Å². The quantitative estimate of drug-likeness (QED) is 0.428. The zero-order valence-corrected chi connectivity index (χ0v) is 24.4. The second-order valence-corrected chi connectivity index (χ2v) is 12.3. The van der Waals surface area contributed by atoms with Crippen LogP contribution in [0.25, 0.3) is 0 Å². The summed E-state index contributed by atoms with van der Waals surface area (Å²) in [5.74, 6) is -2.38. The van der Waals surface area contributed by atoms with Gasteiger partial charge in [-0.15, -0.1) is 0 Å². The van der Waals surface area contributed by atoms with Crippen LogP contribution in [0.4, 0.5) is 0 Å². The summed E-state index contributed by atoms with van der Waals surface area (Å²) in [5, 5.41) is 15.7. The highest BCUT2D eigenvalue weighted by Crippen LogP contribution is 2.29. The first-order valence-electron chi connectivity index (χ1n) is 13.4. The number of aliphatic carboxylic acids is 1. The summed E-state index contributed by atoms with van der Waals surface area (Å²) >= 11 is 0. The number of hydrogen-bond acceptors (Lipinski definition) is 5. The molecule has 9 nitrogen and oxygen atoms in total. The van der Waals surface area contributed by atoms with Crippen molar-refractivity contribution >= 4 is 23.7 Å². The molecule has 3 N–H and O–H groups in total. The molecule has 0 bridgehead atoms. The number of likely N-dealkylation sites (tertiary alicyclic amines) is 1. The van der Waals surface area contributed by atoms with Crippen LogP contribution in [-0.4, -0.2) is 83.4 Å². The van der Waals surface area contributed by atoms with Gasteiger partial charge in [0, 0.05) is 19.0 Å². The summed E-state index contributed by atoms with van der Waals surface area (Å²) in [4.78, 5) is 55.6. The first-order valence-corrected chi connectivity index (χ1v) is 13.4. The van der Waals surface area contributed by atoms with Crippen LogP contribution in [0.5, 0.6) is 0 Å². The minimum absolute atomic E-state index is 0.259. The van der Waals surface area contributed by atoms with Gasteiger partial charge in [-0.25, -0.2) is 4.79 Å². The highest BCUT2D eigenvalue weighted by atomic mass is 16.4. The van der Waals surface area contributed by atoms with E-state index in [2.05, 4.69) is 10.6 Å². The Kier molecular flexibility index (Phi) is 10.1. The molecule has 1 aliphatic rings.